The molecule has 166 valence electrons. The summed E-state index contributed by atoms with van der Waals surface area (Å²) >= 11 is 0. The van der Waals surface area contributed by atoms with Crippen LogP contribution in [0, 0.1) is 0 Å². The molecule has 0 spiro atoms. The molecule has 0 atom stereocenters. The molecule has 0 unspecified atom stereocenters. The lowest BCUT2D eigenvalue weighted by Gasteiger charge is -2.38. The zero-order valence-corrected chi connectivity index (χ0v) is 18.0. The van der Waals surface area contributed by atoms with Crippen LogP contribution in [0.2, 0.25) is 0 Å². The maximum absolute atomic E-state index is 13.6. The highest BCUT2D eigenvalue weighted by atomic mass is 16.5. The van der Waals surface area contributed by atoms with Gasteiger partial charge in [0.1, 0.15) is 17.0 Å². The Bertz CT molecular complexity index is 1030. The lowest BCUT2D eigenvalue weighted by molar-refractivity contribution is -0.133. The number of hydrogen-bond donors (Lipinski definition) is 2. The smallest absolute Gasteiger partial charge is 0.360 e. The van der Waals surface area contributed by atoms with Gasteiger partial charge in [0.25, 0.3) is 5.56 Å². The molecule has 31 heavy (non-hydrogen) atoms. The molecule has 4 rings (SSSR count). The van der Waals surface area contributed by atoms with Gasteiger partial charge in [-0.15, -0.1) is 0 Å². The molecule has 2 fully saturated rings. The normalized spacial score (nSPS) is 19.0. The van der Waals surface area contributed by atoms with Crippen molar-refractivity contribution in [1.82, 2.24) is 20.1 Å². The average molecular weight is 427 g/mol. The Morgan fingerprint density at radius 3 is 2.35 bits per heavy atom. The number of nitrogens with zero attached hydrogens (tertiary/aromatic N) is 2. The number of carbonyl (C=O) groups excluding carboxylic acids is 1. The fourth-order valence-corrected chi connectivity index (χ4v) is 4.92. The van der Waals surface area contributed by atoms with Crippen LogP contribution >= 0.6 is 0 Å². The SMILES string of the molecule is COc1ccc(-c2nc(=O)[nH]n(C3(C(=O)NC4CCCCC4)CCCCC3)c2=O)cc1. The minimum absolute atomic E-state index is 0.0433. The van der Waals surface area contributed by atoms with Crippen molar-refractivity contribution >= 4 is 5.91 Å². The number of aromatic amines is 1. The second kappa shape index (κ2) is 9.08. The summed E-state index contributed by atoms with van der Waals surface area (Å²) in [6.45, 7) is 0. The molecule has 0 saturated heterocycles. The van der Waals surface area contributed by atoms with E-state index in [0.717, 1.165) is 44.9 Å². The van der Waals surface area contributed by atoms with Crippen LogP contribution in [0.3, 0.4) is 0 Å². The highest BCUT2D eigenvalue weighted by Gasteiger charge is 2.44. The van der Waals surface area contributed by atoms with Crippen LogP contribution in [0.25, 0.3) is 11.3 Å². The molecule has 2 saturated carbocycles. The molecule has 1 aromatic heterocycles. The quantitative estimate of drug-likeness (QED) is 0.765. The summed E-state index contributed by atoms with van der Waals surface area (Å²) in [6, 6.07) is 6.96. The number of benzene rings is 1. The second-order valence-electron chi connectivity index (χ2n) is 8.65. The van der Waals surface area contributed by atoms with Gasteiger partial charge in [0.05, 0.1) is 7.11 Å². The van der Waals surface area contributed by atoms with Gasteiger partial charge in [-0.25, -0.2) is 14.6 Å². The van der Waals surface area contributed by atoms with Crippen molar-refractivity contribution in [2.75, 3.05) is 7.11 Å². The zero-order chi connectivity index (χ0) is 21.8. The molecule has 0 aliphatic heterocycles. The molecule has 2 aromatic rings. The van der Waals surface area contributed by atoms with Gasteiger partial charge in [0.2, 0.25) is 5.91 Å². The predicted octanol–water partition coefficient (Wildman–Crippen LogP) is 2.72. The monoisotopic (exact) mass is 426 g/mol. The largest absolute Gasteiger partial charge is 0.497 e. The number of aromatic nitrogens is 3. The number of ether oxygens (including phenoxy) is 1. The van der Waals surface area contributed by atoms with E-state index in [-0.39, 0.29) is 17.6 Å². The molecular weight excluding hydrogens is 396 g/mol. The van der Waals surface area contributed by atoms with Crippen LogP contribution in [-0.2, 0) is 10.3 Å². The number of amides is 1. The molecule has 2 N–H and O–H groups in total. The number of methoxy groups -OCH3 is 1. The highest BCUT2D eigenvalue weighted by molar-refractivity contribution is 5.84. The molecule has 0 bridgehead atoms. The van der Waals surface area contributed by atoms with E-state index < -0.39 is 16.8 Å². The van der Waals surface area contributed by atoms with Crippen molar-refractivity contribution in [3.8, 4) is 17.0 Å². The van der Waals surface area contributed by atoms with Crippen LogP contribution in [0.4, 0.5) is 0 Å². The van der Waals surface area contributed by atoms with E-state index in [1.165, 1.54) is 11.1 Å². The van der Waals surface area contributed by atoms with Crippen molar-refractivity contribution in [3.63, 3.8) is 0 Å². The molecular formula is C23H30N4O4. The van der Waals surface area contributed by atoms with Gasteiger partial charge in [-0.05, 0) is 49.9 Å². The Hall–Kier alpha value is -2.90. The maximum atomic E-state index is 13.6. The molecule has 8 nitrogen and oxygen atoms in total. The highest BCUT2D eigenvalue weighted by Crippen LogP contribution is 2.34. The standard InChI is InChI=1S/C23H30N4O4/c1-31-18-12-10-16(11-13-18)19-20(28)27(26-22(30)25-19)23(14-6-3-7-15-23)21(29)24-17-8-4-2-5-9-17/h10-13,17H,2-9,14-15H2,1H3,(H,24,29)(H,26,30). The van der Waals surface area contributed by atoms with Crippen molar-refractivity contribution in [2.45, 2.75) is 75.8 Å². The summed E-state index contributed by atoms with van der Waals surface area (Å²) in [4.78, 5) is 43.5. The molecule has 1 aromatic carbocycles. The van der Waals surface area contributed by atoms with Crippen molar-refractivity contribution in [3.05, 3.63) is 45.1 Å². The number of nitrogens with one attached hydrogen (secondary N) is 2. The molecule has 1 amide bonds. The van der Waals surface area contributed by atoms with Crippen molar-refractivity contribution in [2.24, 2.45) is 0 Å². The zero-order valence-electron chi connectivity index (χ0n) is 18.0. The van der Waals surface area contributed by atoms with E-state index in [1.807, 2.05) is 0 Å². The molecule has 2 aliphatic rings. The van der Waals surface area contributed by atoms with Crippen molar-refractivity contribution in [1.29, 1.82) is 0 Å². The van der Waals surface area contributed by atoms with E-state index in [4.69, 9.17) is 4.74 Å². The van der Waals surface area contributed by atoms with Gasteiger partial charge in [-0.2, -0.15) is 4.98 Å². The van der Waals surface area contributed by atoms with Crippen LogP contribution < -0.4 is 21.3 Å². The van der Waals surface area contributed by atoms with E-state index in [0.29, 0.717) is 24.2 Å². The van der Waals surface area contributed by atoms with Gasteiger partial charge >= 0.3 is 5.69 Å². The van der Waals surface area contributed by atoms with Gasteiger partial charge in [-0.1, -0.05) is 38.5 Å². The summed E-state index contributed by atoms with van der Waals surface area (Å²) < 4.78 is 6.44. The van der Waals surface area contributed by atoms with Crippen LogP contribution in [0.5, 0.6) is 5.75 Å². The summed E-state index contributed by atoms with van der Waals surface area (Å²) in [7, 11) is 1.56. The summed E-state index contributed by atoms with van der Waals surface area (Å²) in [6.07, 6.45) is 9.02. The number of rotatable bonds is 5. The van der Waals surface area contributed by atoms with Gasteiger partial charge in [0, 0.05) is 11.6 Å². The van der Waals surface area contributed by atoms with Gasteiger partial charge in [0.15, 0.2) is 0 Å². The number of hydrogen-bond acceptors (Lipinski definition) is 5. The number of carbonyl (C=O) groups is 1. The first-order chi connectivity index (χ1) is 15.0. The Balaban J connectivity index is 1.76. The van der Waals surface area contributed by atoms with Gasteiger partial charge < -0.3 is 10.1 Å². The van der Waals surface area contributed by atoms with Crippen LogP contribution in [0.15, 0.2) is 33.9 Å². The summed E-state index contributed by atoms with van der Waals surface area (Å²) in [5.41, 5.74) is -1.62. The Labute approximate surface area is 181 Å². The Morgan fingerprint density at radius 2 is 1.71 bits per heavy atom. The first kappa shape index (κ1) is 21.3. The first-order valence-corrected chi connectivity index (χ1v) is 11.2. The minimum atomic E-state index is -1.09. The molecule has 2 aliphatic carbocycles. The molecule has 1 heterocycles. The Morgan fingerprint density at radius 1 is 1.06 bits per heavy atom. The lowest BCUT2D eigenvalue weighted by Crippen LogP contribution is -2.58. The molecule has 8 heteroatoms. The van der Waals surface area contributed by atoms with Gasteiger partial charge in [-0.3, -0.25) is 9.59 Å². The van der Waals surface area contributed by atoms with E-state index in [1.54, 1.807) is 31.4 Å². The van der Waals surface area contributed by atoms with E-state index in [9.17, 15) is 14.4 Å². The predicted molar refractivity (Wildman–Crippen MR) is 117 cm³/mol. The molecule has 0 radical (unpaired) electrons. The van der Waals surface area contributed by atoms with Crippen molar-refractivity contribution < 1.29 is 9.53 Å². The Kier molecular flexibility index (Phi) is 6.25. The van der Waals surface area contributed by atoms with Crippen LogP contribution in [0.1, 0.15) is 64.2 Å². The topological polar surface area (TPSA) is 106 Å². The third-order valence-electron chi connectivity index (χ3n) is 6.66. The minimum Gasteiger partial charge on any atom is -0.497 e. The van der Waals surface area contributed by atoms with E-state index >= 15 is 0 Å². The summed E-state index contributed by atoms with van der Waals surface area (Å²) in [5.74, 6) is 0.480. The fraction of sp³-hybridized carbons (Fsp3) is 0.565. The third kappa shape index (κ3) is 4.29. The number of H-pyrrole nitrogens is 1. The first-order valence-electron chi connectivity index (χ1n) is 11.2. The maximum Gasteiger partial charge on any atom is 0.360 e. The lowest BCUT2D eigenvalue weighted by atomic mass is 9.80. The second-order valence-corrected chi connectivity index (χ2v) is 8.65. The fourth-order valence-electron chi connectivity index (χ4n) is 4.92. The average Bonchev–Trinajstić information content (AvgIpc) is 2.81. The summed E-state index contributed by atoms with van der Waals surface area (Å²) in [5, 5.41) is 5.78. The van der Waals surface area contributed by atoms with Crippen LogP contribution in [-0.4, -0.2) is 33.8 Å². The van der Waals surface area contributed by atoms with E-state index in [2.05, 4.69) is 15.4 Å². The third-order valence-corrected chi connectivity index (χ3v) is 6.66.